The maximum Gasteiger partial charge on any atom is 0.0449 e. The van der Waals surface area contributed by atoms with Crippen molar-refractivity contribution in [1.82, 2.24) is 10.2 Å². The SMILES string of the molecule is CSc1ccc([C@@H](CCO)N2CCNCC2)cc1. The predicted octanol–water partition coefficient (Wildman–Crippen LogP) is 1.74. The second kappa shape index (κ2) is 7.14. The van der Waals surface area contributed by atoms with Crippen molar-refractivity contribution in [1.29, 1.82) is 0 Å². The lowest BCUT2D eigenvalue weighted by molar-refractivity contribution is 0.141. The van der Waals surface area contributed by atoms with Gasteiger partial charge in [0, 0.05) is 43.7 Å². The zero-order chi connectivity index (χ0) is 12.8. The van der Waals surface area contributed by atoms with Gasteiger partial charge in [0.05, 0.1) is 0 Å². The van der Waals surface area contributed by atoms with Gasteiger partial charge in [-0.05, 0) is 30.4 Å². The number of benzene rings is 1. The summed E-state index contributed by atoms with van der Waals surface area (Å²) in [7, 11) is 0. The van der Waals surface area contributed by atoms with E-state index >= 15 is 0 Å². The first kappa shape index (κ1) is 13.9. The molecule has 1 saturated heterocycles. The summed E-state index contributed by atoms with van der Waals surface area (Å²) in [6.07, 6.45) is 2.91. The Balaban J connectivity index is 2.11. The molecule has 0 radical (unpaired) electrons. The van der Waals surface area contributed by atoms with E-state index in [1.807, 2.05) is 0 Å². The number of piperazine rings is 1. The third kappa shape index (κ3) is 3.48. The molecular weight excluding hydrogens is 244 g/mol. The average Bonchev–Trinajstić information content (AvgIpc) is 2.46. The minimum Gasteiger partial charge on any atom is -0.396 e. The van der Waals surface area contributed by atoms with E-state index in [0.717, 1.165) is 32.6 Å². The second-order valence-corrected chi connectivity index (χ2v) is 5.47. The molecule has 0 amide bonds. The summed E-state index contributed by atoms with van der Waals surface area (Å²) in [6.45, 7) is 4.47. The zero-order valence-corrected chi connectivity index (χ0v) is 11.7. The van der Waals surface area contributed by atoms with Crippen LogP contribution >= 0.6 is 11.8 Å². The number of hydrogen-bond acceptors (Lipinski definition) is 4. The lowest BCUT2D eigenvalue weighted by Crippen LogP contribution is -2.45. The number of nitrogens with zero attached hydrogens (tertiary/aromatic N) is 1. The van der Waals surface area contributed by atoms with E-state index in [-0.39, 0.29) is 6.61 Å². The maximum absolute atomic E-state index is 9.28. The Labute approximate surface area is 114 Å². The molecule has 1 aromatic carbocycles. The van der Waals surface area contributed by atoms with Crippen LogP contribution in [0.5, 0.6) is 0 Å². The molecule has 0 aromatic heterocycles. The van der Waals surface area contributed by atoms with Crippen LogP contribution in [0.15, 0.2) is 29.2 Å². The number of aliphatic hydroxyl groups excluding tert-OH is 1. The third-order valence-corrected chi connectivity index (χ3v) is 4.24. The molecule has 1 aliphatic heterocycles. The van der Waals surface area contributed by atoms with E-state index in [9.17, 15) is 5.11 Å². The minimum atomic E-state index is 0.249. The highest BCUT2D eigenvalue weighted by atomic mass is 32.2. The lowest BCUT2D eigenvalue weighted by Gasteiger charge is -2.35. The Bertz CT molecular complexity index is 349. The molecule has 2 N–H and O–H groups in total. The molecule has 2 rings (SSSR count). The monoisotopic (exact) mass is 266 g/mol. The smallest absolute Gasteiger partial charge is 0.0449 e. The van der Waals surface area contributed by atoms with E-state index in [1.54, 1.807) is 11.8 Å². The number of nitrogens with one attached hydrogen (secondary N) is 1. The summed E-state index contributed by atoms with van der Waals surface area (Å²) in [5, 5.41) is 12.7. The first-order chi connectivity index (χ1) is 8.85. The molecule has 4 heteroatoms. The topological polar surface area (TPSA) is 35.5 Å². The van der Waals surface area contributed by atoms with Gasteiger partial charge in [-0.3, -0.25) is 4.90 Å². The van der Waals surface area contributed by atoms with Crippen molar-refractivity contribution in [3.63, 3.8) is 0 Å². The van der Waals surface area contributed by atoms with Gasteiger partial charge in [-0.1, -0.05) is 12.1 Å². The largest absolute Gasteiger partial charge is 0.396 e. The maximum atomic E-state index is 9.28. The minimum absolute atomic E-state index is 0.249. The van der Waals surface area contributed by atoms with Crippen molar-refractivity contribution in [3.05, 3.63) is 29.8 Å². The van der Waals surface area contributed by atoms with Crippen molar-refractivity contribution >= 4 is 11.8 Å². The summed E-state index contributed by atoms with van der Waals surface area (Å²) in [6, 6.07) is 9.11. The van der Waals surface area contributed by atoms with Crippen molar-refractivity contribution in [2.75, 3.05) is 39.0 Å². The molecule has 0 aliphatic carbocycles. The quantitative estimate of drug-likeness (QED) is 0.796. The first-order valence-electron chi connectivity index (χ1n) is 6.54. The van der Waals surface area contributed by atoms with Crippen LogP contribution in [0.25, 0.3) is 0 Å². The lowest BCUT2D eigenvalue weighted by atomic mass is 10.0. The van der Waals surface area contributed by atoms with E-state index in [4.69, 9.17) is 0 Å². The Hall–Kier alpha value is -0.550. The van der Waals surface area contributed by atoms with E-state index in [0.29, 0.717) is 6.04 Å². The highest BCUT2D eigenvalue weighted by Crippen LogP contribution is 2.26. The van der Waals surface area contributed by atoms with Gasteiger partial charge in [-0.15, -0.1) is 11.8 Å². The van der Waals surface area contributed by atoms with Crippen molar-refractivity contribution < 1.29 is 5.11 Å². The molecule has 1 aromatic rings. The summed E-state index contributed by atoms with van der Waals surface area (Å²) < 4.78 is 0. The van der Waals surface area contributed by atoms with Crippen LogP contribution < -0.4 is 5.32 Å². The predicted molar refractivity (Wildman–Crippen MR) is 77.1 cm³/mol. The summed E-state index contributed by atoms with van der Waals surface area (Å²) >= 11 is 1.77. The van der Waals surface area contributed by atoms with Crippen LogP contribution in [0.1, 0.15) is 18.0 Å². The van der Waals surface area contributed by atoms with Gasteiger partial charge in [0.2, 0.25) is 0 Å². The number of aliphatic hydroxyl groups is 1. The molecule has 1 heterocycles. The molecule has 1 atom stereocenters. The van der Waals surface area contributed by atoms with E-state index in [1.165, 1.54) is 10.5 Å². The van der Waals surface area contributed by atoms with Crippen LogP contribution in [-0.4, -0.2) is 49.0 Å². The Morgan fingerprint density at radius 3 is 2.50 bits per heavy atom. The fraction of sp³-hybridized carbons (Fsp3) is 0.571. The standard InChI is InChI=1S/C14H22N2OS/c1-18-13-4-2-12(3-5-13)14(6-11-17)16-9-7-15-8-10-16/h2-5,14-15,17H,6-11H2,1H3/t14-/m1/s1. The van der Waals surface area contributed by atoms with Gasteiger partial charge in [0.1, 0.15) is 0 Å². The molecule has 0 saturated carbocycles. The highest BCUT2D eigenvalue weighted by Gasteiger charge is 2.21. The first-order valence-corrected chi connectivity index (χ1v) is 7.77. The number of thioether (sulfide) groups is 1. The van der Waals surface area contributed by atoms with Gasteiger partial charge >= 0.3 is 0 Å². The van der Waals surface area contributed by atoms with Crippen LogP contribution in [-0.2, 0) is 0 Å². The van der Waals surface area contributed by atoms with Gasteiger partial charge in [0.15, 0.2) is 0 Å². The van der Waals surface area contributed by atoms with Gasteiger partial charge < -0.3 is 10.4 Å². The molecule has 3 nitrogen and oxygen atoms in total. The Morgan fingerprint density at radius 2 is 1.94 bits per heavy atom. The number of rotatable bonds is 5. The Kier molecular flexibility index (Phi) is 5.50. The second-order valence-electron chi connectivity index (χ2n) is 4.59. The molecule has 100 valence electrons. The Morgan fingerprint density at radius 1 is 1.28 bits per heavy atom. The summed E-state index contributed by atoms with van der Waals surface area (Å²) in [5.41, 5.74) is 1.32. The summed E-state index contributed by atoms with van der Waals surface area (Å²) in [5.74, 6) is 0. The molecular formula is C14H22N2OS. The fourth-order valence-corrected chi connectivity index (χ4v) is 2.91. The number of hydrogen-bond donors (Lipinski definition) is 2. The molecule has 0 spiro atoms. The highest BCUT2D eigenvalue weighted by molar-refractivity contribution is 7.98. The summed E-state index contributed by atoms with van der Waals surface area (Å²) in [4.78, 5) is 3.77. The van der Waals surface area contributed by atoms with Crippen LogP contribution in [0.2, 0.25) is 0 Å². The van der Waals surface area contributed by atoms with Crippen molar-refractivity contribution in [2.45, 2.75) is 17.4 Å². The van der Waals surface area contributed by atoms with Crippen LogP contribution in [0, 0.1) is 0 Å². The normalized spacial score (nSPS) is 18.8. The fourth-order valence-electron chi connectivity index (χ4n) is 2.50. The van der Waals surface area contributed by atoms with Gasteiger partial charge in [0.25, 0.3) is 0 Å². The molecule has 18 heavy (non-hydrogen) atoms. The third-order valence-electron chi connectivity index (χ3n) is 3.50. The van der Waals surface area contributed by atoms with Crippen molar-refractivity contribution in [3.8, 4) is 0 Å². The van der Waals surface area contributed by atoms with Crippen LogP contribution in [0.4, 0.5) is 0 Å². The average molecular weight is 266 g/mol. The van der Waals surface area contributed by atoms with E-state index < -0.39 is 0 Å². The molecule has 1 fully saturated rings. The van der Waals surface area contributed by atoms with Crippen molar-refractivity contribution in [2.24, 2.45) is 0 Å². The van der Waals surface area contributed by atoms with E-state index in [2.05, 4.69) is 40.7 Å². The molecule has 0 bridgehead atoms. The molecule has 1 aliphatic rings. The van der Waals surface area contributed by atoms with Gasteiger partial charge in [-0.25, -0.2) is 0 Å². The molecule has 0 unspecified atom stereocenters. The van der Waals surface area contributed by atoms with Crippen LogP contribution in [0.3, 0.4) is 0 Å². The zero-order valence-electron chi connectivity index (χ0n) is 10.9. The van der Waals surface area contributed by atoms with Gasteiger partial charge in [-0.2, -0.15) is 0 Å².